The van der Waals surface area contributed by atoms with Gasteiger partial charge in [-0.2, -0.15) is 0 Å². The molecule has 0 radical (unpaired) electrons. The van der Waals surface area contributed by atoms with Crippen LogP contribution in [0.3, 0.4) is 0 Å². The first kappa shape index (κ1) is 34.7. The Morgan fingerprint density at radius 2 is 1.43 bits per heavy atom. The predicted octanol–water partition coefficient (Wildman–Crippen LogP) is 2.58. The van der Waals surface area contributed by atoms with Crippen LogP contribution in [0.25, 0.3) is 0 Å². The summed E-state index contributed by atoms with van der Waals surface area (Å²) >= 11 is 0. The molecule has 3 aromatic carbocycles. The van der Waals surface area contributed by atoms with Crippen molar-refractivity contribution in [3.63, 3.8) is 0 Å². The Labute approximate surface area is 270 Å². The molecule has 3 N–H and O–H groups in total. The van der Waals surface area contributed by atoms with Gasteiger partial charge in [-0.25, -0.2) is 21.6 Å². The third-order valence-electron chi connectivity index (χ3n) is 7.32. The fourth-order valence-corrected chi connectivity index (χ4v) is 7.88. The third-order valence-corrected chi connectivity index (χ3v) is 10.3. The molecular weight excluding hydrogens is 633 g/mol. The minimum absolute atomic E-state index is 0.236. The number of morpholine rings is 1. The molecule has 1 heterocycles. The normalized spacial score (nSPS) is 14.9. The Bertz CT molecular complexity index is 1630. The van der Waals surface area contributed by atoms with Crippen molar-refractivity contribution < 1.29 is 35.9 Å². The summed E-state index contributed by atoms with van der Waals surface area (Å²) in [5.74, 6) is -1.73. The molecule has 2 atom stereocenters. The van der Waals surface area contributed by atoms with Gasteiger partial charge in [-0.05, 0) is 48.2 Å². The molecule has 248 valence electrons. The zero-order valence-corrected chi connectivity index (χ0v) is 27.3. The molecule has 0 bridgehead atoms. The van der Waals surface area contributed by atoms with Crippen molar-refractivity contribution >= 4 is 37.5 Å². The molecule has 1 aliphatic rings. The largest absolute Gasteiger partial charge is 0.497 e. The number of aryl methyl sites for hydroxylation is 1. The SMILES string of the molecule is COc1ccc(NS(=O)(=O)CC(CCc2ccccc2)NC(=O)C(CS(=O)(=O)Cc2ccccc2)NC(=O)N2CCOCC2)cc1. The predicted molar refractivity (Wildman–Crippen MR) is 176 cm³/mol. The summed E-state index contributed by atoms with van der Waals surface area (Å²) in [4.78, 5) is 28.3. The molecule has 1 saturated heterocycles. The van der Waals surface area contributed by atoms with Crippen molar-refractivity contribution in [2.45, 2.75) is 30.7 Å². The van der Waals surface area contributed by atoms with Gasteiger partial charge >= 0.3 is 6.03 Å². The maximum absolute atomic E-state index is 13.8. The summed E-state index contributed by atoms with van der Waals surface area (Å²) < 4.78 is 66.0. The Morgan fingerprint density at radius 1 is 0.826 bits per heavy atom. The summed E-state index contributed by atoms with van der Waals surface area (Å²) in [7, 11) is -6.36. The molecule has 1 fully saturated rings. The second kappa shape index (κ2) is 16.4. The molecule has 0 saturated carbocycles. The average Bonchev–Trinajstić information content (AvgIpc) is 3.04. The Kier molecular flexibility index (Phi) is 12.4. The molecule has 4 rings (SSSR count). The molecule has 0 aliphatic carbocycles. The van der Waals surface area contributed by atoms with E-state index in [0.717, 1.165) is 5.56 Å². The van der Waals surface area contributed by atoms with Crippen LogP contribution < -0.4 is 20.1 Å². The fourth-order valence-electron chi connectivity index (χ4n) is 4.96. The van der Waals surface area contributed by atoms with Crippen LogP contribution in [0.5, 0.6) is 5.75 Å². The molecule has 0 aromatic heterocycles. The lowest BCUT2D eigenvalue weighted by atomic mass is 10.1. The van der Waals surface area contributed by atoms with E-state index in [4.69, 9.17) is 9.47 Å². The number of carbonyl (C=O) groups excluding carboxylic acids is 2. The highest BCUT2D eigenvalue weighted by Gasteiger charge is 2.32. The number of hydrogen-bond acceptors (Lipinski definition) is 8. The highest BCUT2D eigenvalue weighted by atomic mass is 32.2. The second-order valence-electron chi connectivity index (χ2n) is 11.0. The van der Waals surface area contributed by atoms with Crippen molar-refractivity contribution in [3.05, 3.63) is 96.1 Å². The van der Waals surface area contributed by atoms with Crippen LogP contribution in [0.15, 0.2) is 84.9 Å². The zero-order chi connectivity index (χ0) is 33.0. The van der Waals surface area contributed by atoms with Crippen LogP contribution in [0.4, 0.5) is 10.5 Å². The topological polar surface area (TPSA) is 160 Å². The van der Waals surface area contributed by atoms with E-state index in [9.17, 15) is 26.4 Å². The van der Waals surface area contributed by atoms with Crippen LogP contribution in [-0.4, -0.2) is 90.7 Å². The summed E-state index contributed by atoms with van der Waals surface area (Å²) in [5.41, 5.74) is 1.79. The number of anilines is 1. The van der Waals surface area contributed by atoms with Crippen molar-refractivity contribution in [2.75, 3.05) is 49.6 Å². The van der Waals surface area contributed by atoms with E-state index in [1.807, 2.05) is 30.3 Å². The summed E-state index contributed by atoms with van der Waals surface area (Å²) in [6.45, 7) is 1.20. The molecule has 3 aromatic rings. The van der Waals surface area contributed by atoms with Crippen molar-refractivity contribution in [2.24, 2.45) is 0 Å². The standard InChI is InChI=1S/C32H40N4O8S2/c1-43-29-16-14-27(15-17-29)35-46(41,42)23-28(13-12-25-8-4-2-5-9-25)33-31(37)30(34-32(38)36-18-20-44-21-19-36)24-45(39,40)22-26-10-6-3-7-11-26/h2-11,14-17,28,30,35H,12-13,18-24H2,1H3,(H,33,37)(H,34,38). The van der Waals surface area contributed by atoms with E-state index in [1.165, 1.54) is 12.0 Å². The molecule has 0 spiro atoms. The molecule has 2 unspecified atom stereocenters. The Hall–Kier alpha value is -4.14. The highest BCUT2D eigenvalue weighted by Crippen LogP contribution is 2.17. The molecular formula is C32H40N4O8S2. The van der Waals surface area contributed by atoms with E-state index in [1.54, 1.807) is 54.6 Å². The van der Waals surface area contributed by atoms with Crippen molar-refractivity contribution in [3.8, 4) is 5.75 Å². The number of methoxy groups -OCH3 is 1. The first-order chi connectivity index (χ1) is 22.0. The number of ether oxygens (including phenoxy) is 2. The van der Waals surface area contributed by atoms with Gasteiger partial charge in [0, 0.05) is 24.8 Å². The van der Waals surface area contributed by atoms with E-state index in [2.05, 4.69) is 15.4 Å². The number of sulfonamides is 1. The maximum Gasteiger partial charge on any atom is 0.318 e. The number of sulfone groups is 1. The van der Waals surface area contributed by atoms with Gasteiger partial charge in [0.05, 0.1) is 37.6 Å². The van der Waals surface area contributed by atoms with Crippen LogP contribution >= 0.6 is 0 Å². The third kappa shape index (κ3) is 11.3. The number of hydrogen-bond donors (Lipinski definition) is 3. The average molecular weight is 673 g/mol. The monoisotopic (exact) mass is 672 g/mol. The van der Waals surface area contributed by atoms with E-state index >= 15 is 0 Å². The number of rotatable bonds is 15. The van der Waals surface area contributed by atoms with Gasteiger partial charge in [0.25, 0.3) is 0 Å². The lowest BCUT2D eigenvalue weighted by Gasteiger charge is -2.29. The molecule has 46 heavy (non-hydrogen) atoms. The summed E-state index contributed by atoms with van der Waals surface area (Å²) in [6, 6.07) is 21.3. The van der Waals surface area contributed by atoms with E-state index in [-0.39, 0.29) is 25.3 Å². The second-order valence-corrected chi connectivity index (χ2v) is 14.9. The van der Waals surface area contributed by atoms with Gasteiger partial charge in [0.15, 0.2) is 9.84 Å². The van der Waals surface area contributed by atoms with Crippen molar-refractivity contribution in [1.82, 2.24) is 15.5 Å². The quantitative estimate of drug-likeness (QED) is 0.222. The van der Waals surface area contributed by atoms with Crippen LogP contribution in [0.2, 0.25) is 0 Å². The lowest BCUT2D eigenvalue weighted by molar-refractivity contribution is -0.123. The van der Waals surface area contributed by atoms with Gasteiger partial charge in [0.2, 0.25) is 15.9 Å². The van der Waals surface area contributed by atoms with Crippen molar-refractivity contribution in [1.29, 1.82) is 0 Å². The van der Waals surface area contributed by atoms with Crippen LogP contribution in [-0.2, 0) is 41.6 Å². The highest BCUT2D eigenvalue weighted by molar-refractivity contribution is 7.92. The number of carbonyl (C=O) groups is 2. The minimum atomic E-state index is -3.98. The molecule has 3 amide bonds. The number of nitrogens with one attached hydrogen (secondary N) is 3. The fraction of sp³-hybridized carbons (Fsp3) is 0.375. The van der Waals surface area contributed by atoms with Gasteiger partial charge in [0.1, 0.15) is 11.8 Å². The van der Waals surface area contributed by atoms with Crippen LogP contribution in [0, 0.1) is 0 Å². The summed E-state index contributed by atoms with van der Waals surface area (Å²) in [6.07, 6.45) is 0.682. The Balaban J connectivity index is 1.53. The van der Waals surface area contributed by atoms with E-state index in [0.29, 0.717) is 36.6 Å². The Morgan fingerprint density at radius 3 is 2.04 bits per heavy atom. The van der Waals surface area contributed by atoms with Gasteiger partial charge in [-0.15, -0.1) is 0 Å². The van der Waals surface area contributed by atoms with Gasteiger partial charge < -0.3 is 25.0 Å². The molecule has 12 nitrogen and oxygen atoms in total. The minimum Gasteiger partial charge on any atom is -0.497 e. The van der Waals surface area contributed by atoms with Gasteiger partial charge in [-0.1, -0.05) is 60.7 Å². The number of urea groups is 1. The lowest BCUT2D eigenvalue weighted by Crippen LogP contribution is -2.57. The first-order valence-corrected chi connectivity index (χ1v) is 18.4. The maximum atomic E-state index is 13.8. The molecule has 1 aliphatic heterocycles. The zero-order valence-electron chi connectivity index (χ0n) is 25.6. The summed E-state index contributed by atoms with van der Waals surface area (Å²) in [5, 5.41) is 5.33. The smallest absolute Gasteiger partial charge is 0.318 e. The number of nitrogens with zero attached hydrogens (tertiary/aromatic N) is 1. The van der Waals surface area contributed by atoms with E-state index < -0.39 is 55.4 Å². The number of benzene rings is 3. The van der Waals surface area contributed by atoms with Gasteiger partial charge in [-0.3, -0.25) is 9.52 Å². The van der Waals surface area contributed by atoms with Crippen LogP contribution in [0.1, 0.15) is 17.5 Å². The first-order valence-electron chi connectivity index (χ1n) is 14.9. The molecule has 14 heteroatoms. The number of amides is 3.